The van der Waals surface area contributed by atoms with Crippen molar-refractivity contribution < 1.29 is 9.59 Å². The molecule has 0 saturated heterocycles. The monoisotopic (exact) mass is 274 g/mol. The quantitative estimate of drug-likeness (QED) is 0.709. The fourth-order valence-corrected chi connectivity index (χ4v) is 2.87. The molecule has 0 aliphatic carbocycles. The highest BCUT2D eigenvalue weighted by atomic mass is 32.2. The second-order valence-corrected chi connectivity index (χ2v) is 4.97. The Morgan fingerprint density at radius 1 is 1.53 bits per heavy atom. The van der Waals surface area contributed by atoms with Gasteiger partial charge in [-0.15, -0.1) is 11.8 Å². The maximum Gasteiger partial charge on any atom is 0.319 e. The lowest BCUT2D eigenvalue weighted by Gasteiger charge is -2.03. The number of aromatic nitrogens is 1. The fourth-order valence-electron chi connectivity index (χ4n) is 1.04. The molecule has 0 atom stereocenters. The Labute approximate surface area is 108 Å². The number of primary amides is 1. The van der Waals surface area contributed by atoms with Crippen LogP contribution in [0.25, 0.3) is 0 Å². The van der Waals surface area contributed by atoms with Gasteiger partial charge < -0.3 is 11.1 Å². The normalized spacial score (nSPS) is 10.0. The van der Waals surface area contributed by atoms with E-state index in [1.54, 1.807) is 0 Å². The second-order valence-electron chi connectivity index (χ2n) is 3.11. The third kappa shape index (κ3) is 3.60. The molecule has 0 aliphatic rings. The van der Waals surface area contributed by atoms with Crippen molar-refractivity contribution in [2.45, 2.75) is 18.4 Å². The first-order valence-electron chi connectivity index (χ1n) is 5.01. The Kier molecular flexibility index (Phi) is 5.23. The van der Waals surface area contributed by atoms with Gasteiger partial charge in [0.2, 0.25) is 0 Å². The lowest BCUT2D eigenvalue weighted by atomic mass is 10.3. The molecule has 8 heteroatoms. The molecular formula is C9H14N4O2S2. The minimum atomic E-state index is -0.580. The van der Waals surface area contributed by atoms with Crippen molar-refractivity contribution in [3.63, 3.8) is 0 Å². The van der Waals surface area contributed by atoms with Gasteiger partial charge in [-0.3, -0.25) is 10.1 Å². The van der Waals surface area contributed by atoms with E-state index in [2.05, 4.69) is 15.0 Å². The summed E-state index contributed by atoms with van der Waals surface area (Å²) in [5.74, 6) is 0.271. The standard InChI is InChI=1S/C9H14N4O2S2/c1-3-4-16-8-5(6(10)14)7(17-13-8)12-9(15)11-2/h3-4H2,1-2H3,(H2,10,14)(H2,11,12,15). The summed E-state index contributed by atoms with van der Waals surface area (Å²) in [4.78, 5) is 22.5. The van der Waals surface area contributed by atoms with E-state index < -0.39 is 11.9 Å². The predicted molar refractivity (Wildman–Crippen MR) is 69.7 cm³/mol. The zero-order valence-corrected chi connectivity index (χ0v) is 11.2. The summed E-state index contributed by atoms with van der Waals surface area (Å²) in [6.45, 7) is 2.03. The number of nitrogens with two attached hydrogens (primary N) is 1. The van der Waals surface area contributed by atoms with Crippen molar-refractivity contribution in [3.8, 4) is 0 Å². The number of hydrogen-bond acceptors (Lipinski definition) is 5. The summed E-state index contributed by atoms with van der Waals surface area (Å²) in [5.41, 5.74) is 5.58. The van der Waals surface area contributed by atoms with Gasteiger partial charge in [0.25, 0.3) is 5.91 Å². The van der Waals surface area contributed by atoms with E-state index in [0.29, 0.717) is 10.0 Å². The SMILES string of the molecule is CCCSc1nsc(NC(=O)NC)c1C(N)=O. The average molecular weight is 274 g/mol. The molecular weight excluding hydrogens is 260 g/mol. The molecule has 17 heavy (non-hydrogen) atoms. The van der Waals surface area contributed by atoms with Crippen LogP contribution in [0, 0.1) is 0 Å². The van der Waals surface area contributed by atoms with E-state index in [1.807, 2.05) is 6.92 Å². The van der Waals surface area contributed by atoms with Gasteiger partial charge in [-0.25, -0.2) is 4.79 Å². The van der Waals surface area contributed by atoms with Crippen LogP contribution in [0.4, 0.5) is 9.80 Å². The highest BCUT2D eigenvalue weighted by molar-refractivity contribution is 7.99. The minimum Gasteiger partial charge on any atom is -0.365 e. The van der Waals surface area contributed by atoms with Crippen LogP contribution in [0.2, 0.25) is 0 Å². The van der Waals surface area contributed by atoms with Crippen LogP contribution in [0.5, 0.6) is 0 Å². The molecule has 1 aromatic heterocycles. The number of nitrogens with zero attached hydrogens (tertiary/aromatic N) is 1. The number of nitrogens with one attached hydrogen (secondary N) is 2. The van der Waals surface area contributed by atoms with Crippen LogP contribution in [-0.2, 0) is 0 Å². The number of rotatable bonds is 5. The minimum absolute atomic E-state index is 0.289. The van der Waals surface area contributed by atoms with Gasteiger partial charge in [-0.05, 0) is 23.7 Å². The highest BCUT2D eigenvalue weighted by Gasteiger charge is 2.20. The fraction of sp³-hybridized carbons (Fsp3) is 0.444. The van der Waals surface area contributed by atoms with E-state index >= 15 is 0 Å². The van der Waals surface area contributed by atoms with Gasteiger partial charge >= 0.3 is 6.03 Å². The maximum absolute atomic E-state index is 11.3. The lowest BCUT2D eigenvalue weighted by molar-refractivity contribution is 0.0998. The van der Waals surface area contributed by atoms with Gasteiger partial charge in [-0.2, -0.15) is 4.37 Å². The average Bonchev–Trinajstić information content (AvgIpc) is 2.69. The number of carbonyl (C=O) groups is 2. The highest BCUT2D eigenvalue weighted by Crippen LogP contribution is 2.31. The molecule has 6 nitrogen and oxygen atoms in total. The molecule has 1 rings (SSSR count). The van der Waals surface area contributed by atoms with Gasteiger partial charge in [0.05, 0.1) is 0 Å². The van der Waals surface area contributed by atoms with Crippen LogP contribution in [0.15, 0.2) is 5.03 Å². The maximum atomic E-state index is 11.3. The number of urea groups is 1. The number of thioether (sulfide) groups is 1. The first-order chi connectivity index (χ1) is 8.10. The van der Waals surface area contributed by atoms with Crippen molar-refractivity contribution in [1.82, 2.24) is 9.69 Å². The third-order valence-corrected chi connectivity index (χ3v) is 3.86. The molecule has 94 valence electrons. The van der Waals surface area contributed by atoms with Crippen molar-refractivity contribution >= 4 is 40.2 Å². The molecule has 0 bridgehead atoms. The Bertz CT molecular complexity index is 419. The first-order valence-corrected chi connectivity index (χ1v) is 6.77. The van der Waals surface area contributed by atoms with Crippen molar-refractivity contribution in [2.75, 3.05) is 18.1 Å². The number of amides is 3. The molecule has 3 amide bonds. The van der Waals surface area contributed by atoms with Gasteiger partial charge in [0, 0.05) is 7.05 Å². The summed E-state index contributed by atoms with van der Waals surface area (Å²) >= 11 is 2.51. The van der Waals surface area contributed by atoms with E-state index in [9.17, 15) is 9.59 Å². The van der Waals surface area contributed by atoms with Crippen molar-refractivity contribution in [2.24, 2.45) is 5.73 Å². The molecule has 0 radical (unpaired) electrons. The number of carbonyl (C=O) groups excluding carboxylic acids is 2. The van der Waals surface area contributed by atoms with Crippen LogP contribution >= 0.6 is 23.3 Å². The summed E-state index contributed by atoms with van der Waals surface area (Å²) in [6, 6.07) is -0.400. The zero-order chi connectivity index (χ0) is 12.8. The molecule has 0 fully saturated rings. The second kappa shape index (κ2) is 6.45. The summed E-state index contributed by atoms with van der Waals surface area (Å²) in [5, 5.41) is 5.90. The Balaban J connectivity index is 2.94. The molecule has 0 spiro atoms. The van der Waals surface area contributed by atoms with Gasteiger partial charge in [0.15, 0.2) is 0 Å². The van der Waals surface area contributed by atoms with E-state index in [1.165, 1.54) is 18.8 Å². The molecule has 0 saturated carbocycles. The molecule has 0 unspecified atom stereocenters. The van der Waals surface area contributed by atoms with Crippen LogP contribution < -0.4 is 16.4 Å². The van der Waals surface area contributed by atoms with E-state index in [0.717, 1.165) is 23.7 Å². The van der Waals surface area contributed by atoms with Crippen LogP contribution in [0.1, 0.15) is 23.7 Å². The topological polar surface area (TPSA) is 97.1 Å². The van der Waals surface area contributed by atoms with Gasteiger partial charge in [0.1, 0.15) is 15.6 Å². The van der Waals surface area contributed by atoms with Crippen molar-refractivity contribution in [1.29, 1.82) is 0 Å². The molecule has 0 aliphatic heterocycles. The number of anilines is 1. The smallest absolute Gasteiger partial charge is 0.319 e. The first kappa shape index (κ1) is 13.8. The van der Waals surface area contributed by atoms with E-state index in [4.69, 9.17) is 5.73 Å². The molecule has 1 heterocycles. The predicted octanol–water partition coefficient (Wildman–Crippen LogP) is 1.50. The Morgan fingerprint density at radius 2 is 2.24 bits per heavy atom. The lowest BCUT2D eigenvalue weighted by Crippen LogP contribution is -2.25. The molecule has 4 N–H and O–H groups in total. The van der Waals surface area contributed by atoms with Crippen LogP contribution in [-0.4, -0.2) is 29.1 Å². The molecule has 0 aromatic carbocycles. The summed E-state index contributed by atoms with van der Waals surface area (Å²) in [7, 11) is 1.49. The van der Waals surface area contributed by atoms with E-state index in [-0.39, 0.29) is 5.56 Å². The summed E-state index contributed by atoms with van der Waals surface area (Å²) in [6.07, 6.45) is 0.971. The third-order valence-electron chi connectivity index (χ3n) is 1.80. The largest absolute Gasteiger partial charge is 0.365 e. The Morgan fingerprint density at radius 3 is 2.76 bits per heavy atom. The summed E-state index contributed by atoms with van der Waals surface area (Å²) < 4.78 is 4.12. The van der Waals surface area contributed by atoms with Gasteiger partial charge in [-0.1, -0.05) is 6.92 Å². The van der Waals surface area contributed by atoms with Crippen LogP contribution in [0.3, 0.4) is 0 Å². The Hall–Kier alpha value is -1.28. The molecule has 1 aromatic rings. The zero-order valence-electron chi connectivity index (χ0n) is 9.57. The number of hydrogen-bond donors (Lipinski definition) is 3. The van der Waals surface area contributed by atoms with Crippen molar-refractivity contribution in [3.05, 3.63) is 5.56 Å².